The third-order valence-electron chi connectivity index (χ3n) is 3.88. The third-order valence-corrected chi connectivity index (χ3v) is 4.13. The monoisotopic (exact) mass is 365 g/mol. The summed E-state index contributed by atoms with van der Waals surface area (Å²) in [6.45, 7) is 0.362. The van der Waals surface area contributed by atoms with Crippen LogP contribution in [0, 0.1) is 5.82 Å². The second-order valence-corrected chi connectivity index (χ2v) is 6.21. The van der Waals surface area contributed by atoms with Crippen molar-refractivity contribution in [3.63, 3.8) is 0 Å². The highest BCUT2D eigenvalue weighted by molar-refractivity contribution is 6.30. The van der Waals surface area contributed by atoms with E-state index in [4.69, 9.17) is 11.6 Å². The molecule has 0 aliphatic heterocycles. The lowest BCUT2D eigenvalue weighted by molar-refractivity contribution is -0.114. The number of carbonyl (C=O) groups excluding carboxylic acids is 1. The molecule has 0 aromatic heterocycles. The van der Waals surface area contributed by atoms with Gasteiger partial charge >= 0.3 is 0 Å². The summed E-state index contributed by atoms with van der Waals surface area (Å²) in [5.74, 6) is -0.525. The maximum absolute atomic E-state index is 13.3. The Morgan fingerprint density at radius 2 is 1.58 bits per heavy atom. The van der Waals surface area contributed by atoms with E-state index >= 15 is 0 Å². The number of rotatable bonds is 5. The van der Waals surface area contributed by atoms with E-state index in [1.807, 2.05) is 42.5 Å². The lowest BCUT2D eigenvalue weighted by Gasteiger charge is -2.21. The van der Waals surface area contributed by atoms with E-state index in [2.05, 4.69) is 0 Å². The second-order valence-electron chi connectivity index (χ2n) is 5.77. The third kappa shape index (κ3) is 4.80. The van der Waals surface area contributed by atoms with Crippen molar-refractivity contribution in [3.05, 3.63) is 107 Å². The van der Waals surface area contributed by atoms with Gasteiger partial charge in [0.05, 0.1) is 6.54 Å². The van der Waals surface area contributed by atoms with Crippen LogP contribution >= 0.6 is 11.6 Å². The average Bonchev–Trinajstić information content (AvgIpc) is 2.67. The minimum absolute atomic E-state index is 0.185. The Morgan fingerprint density at radius 3 is 2.23 bits per heavy atom. The molecule has 0 bridgehead atoms. The van der Waals surface area contributed by atoms with Crippen LogP contribution in [0.5, 0.6) is 0 Å². The van der Waals surface area contributed by atoms with Crippen molar-refractivity contribution in [2.24, 2.45) is 0 Å². The van der Waals surface area contributed by atoms with Crippen molar-refractivity contribution in [1.29, 1.82) is 0 Å². The molecule has 0 unspecified atom stereocenters. The smallest absolute Gasteiger partial charge is 0.251 e. The molecular formula is C22H17ClFNO. The van der Waals surface area contributed by atoms with Crippen LogP contribution in [0.2, 0.25) is 5.02 Å². The lowest BCUT2D eigenvalue weighted by Crippen LogP contribution is -2.28. The van der Waals surface area contributed by atoms with Crippen LogP contribution in [0.3, 0.4) is 0 Å². The molecule has 3 rings (SSSR count). The quantitative estimate of drug-likeness (QED) is 0.529. The largest absolute Gasteiger partial charge is 0.304 e. The number of nitrogens with zero attached hydrogens (tertiary/aromatic N) is 1. The Labute approximate surface area is 157 Å². The summed E-state index contributed by atoms with van der Waals surface area (Å²) < 4.78 is 13.3. The Morgan fingerprint density at radius 1 is 0.923 bits per heavy atom. The molecule has 1 amide bonds. The van der Waals surface area contributed by atoms with Crippen LogP contribution in [0.15, 0.2) is 84.9 Å². The molecule has 0 fully saturated rings. The predicted molar refractivity (Wildman–Crippen MR) is 105 cm³/mol. The molecule has 0 radical (unpaired) electrons. The Kier molecular flexibility index (Phi) is 5.82. The van der Waals surface area contributed by atoms with Gasteiger partial charge in [0.15, 0.2) is 0 Å². The van der Waals surface area contributed by atoms with Gasteiger partial charge in [-0.25, -0.2) is 4.39 Å². The fourth-order valence-electron chi connectivity index (χ4n) is 2.51. The number of benzene rings is 3. The highest BCUT2D eigenvalue weighted by Crippen LogP contribution is 2.20. The molecular weight excluding hydrogens is 349 g/mol. The molecule has 0 saturated carbocycles. The molecule has 0 atom stereocenters. The summed E-state index contributed by atoms with van der Waals surface area (Å²) in [4.78, 5) is 14.4. The topological polar surface area (TPSA) is 20.3 Å². The van der Waals surface area contributed by atoms with Gasteiger partial charge in [0.25, 0.3) is 5.91 Å². The highest BCUT2D eigenvalue weighted by atomic mass is 35.5. The fraction of sp³-hybridized carbons (Fsp3) is 0.0455. The maximum Gasteiger partial charge on any atom is 0.251 e. The zero-order valence-corrected chi connectivity index (χ0v) is 14.7. The van der Waals surface area contributed by atoms with E-state index in [1.54, 1.807) is 35.2 Å². The Bertz CT molecular complexity index is 890. The van der Waals surface area contributed by atoms with E-state index in [9.17, 15) is 9.18 Å². The standard InChI is InChI=1S/C22H17ClFNO/c23-19-9-6-18(7-10-19)16-25(21-13-11-20(24)12-14-21)22(26)15-8-17-4-2-1-3-5-17/h1-15H,16H2. The molecule has 0 saturated heterocycles. The zero-order chi connectivity index (χ0) is 18.4. The average molecular weight is 366 g/mol. The predicted octanol–water partition coefficient (Wildman–Crippen LogP) is 5.73. The first-order valence-electron chi connectivity index (χ1n) is 8.16. The van der Waals surface area contributed by atoms with Gasteiger partial charge in [0.2, 0.25) is 0 Å². The fourth-order valence-corrected chi connectivity index (χ4v) is 2.64. The number of halogens is 2. The van der Waals surface area contributed by atoms with E-state index in [0.717, 1.165) is 11.1 Å². The maximum atomic E-state index is 13.3. The number of hydrogen-bond donors (Lipinski definition) is 0. The van der Waals surface area contributed by atoms with E-state index in [1.165, 1.54) is 18.2 Å². The second kappa shape index (κ2) is 8.45. The van der Waals surface area contributed by atoms with Gasteiger partial charge in [-0.15, -0.1) is 0 Å². The normalized spacial score (nSPS) is 10.8. The Balaban J connectivity index is 1.86. The molecule has 0 spiro atoms. The minimum Gasteiger partial charge on any atom is -0.304 e. The van der Waals surface area contributed by atoms with Crippen molar-refractivity contribution >= 4 is 29.3 Å². The van der Waals surface area contributed by atoms with Gasteiger partial charge in [0.1, 0.15) is 5.82 Å². The number of amides is 1. The van der Waals surface area contributed by atoms with Gasteiger partial charge in [-0.3, -0.25) is 4.79 Å². The van der Waals surface area contributed by atoms with Crippen molar-refractivity contribution in [3.8, 4) is 0 Å². The van der Waals surface area contributed by atoms with Crippen molar-refractivity contribution < 1.29 is 9.18 Å². The molecule has 0 heterocycles. The van der Waals surface area contributed by atoms with Gasteiger partial charge in [-0.2, -0.15) is 0 Å². The van der Waals surface area contributed by atoms with Crippen LogP contribution < -0.4 is 4.90 Å². The molecule has 0 N–H and O–H groups in total. The van der Waals surface area contributed by atoms with Crippen LogP contribution in [0.1, 0.15) is 11.1 Å². The zero-order valence-electron chi connectivity index (χ0n) is 14.0. The molecule has 0 aliphatic rings. The van der Waals surface area contributed by atoms with Crippen LogP contribution in [-0.4, -0.2) is 5.91 Å². The summed E-state index contributed by atoms with van der Waals surface area (Å²) in [5, 5.41) is 0.636. The molecule has 3 aromatic carbocycles. The number of carbonyl (C=O) groups is 1. The first kappa shape index (κ1) is 17.9. The number of anilines is 1. The Hall–Kier alpha value is -2.91. The van der Waals surface area contributed by atoms with Crippen molar-refractivity contribution in [2.45, 2.75) is 6.54 Å². The van der Waals surface area contributed by atoms with Crippen LogP contribution in [0.25, 0.3) is 6.08 Å². The van der Waals surface area contributed by atoms with Gasteiger partial charge in [0, 0.05) is 16.8 Å². The summed E-state index contributed by atoms with van der Waals surface area (Å²) in [6, 6.07) is 22.8. The number of hydrogen-bond acceptors (Lipinski definition) is 1. The van der Waals surface area contributed by atoms with Crippen molar-refractivity contribution in [1.82, 2.24) is 0 Å². The van der Waals surface area contributed by atoms with Gasteiger partial charge in [-0.05, 0) is 53.6 Å². The SMILES string of the molecule is O=C(C=Cc1ccccc1)N(Cc1ccc(Cl)cc1)c1ccc(F)cc1. The van der Waals surface area contributed by atoms with Crippen LogP contribution in [0.4, 0.5) is 10.1 Å². The van der Waals surface area contributed by atoms with E-state index in [0.29, 0.717) is 17.3 Å². The first-order valence-corrected chi connectivity index (χ1v) is 8.54. The molecule has 26 heavy (non-hydrogen) atoms. The molecule has 3 aromatic rings. The summed E-state index contributed by atoms with van der Waals surface area (Å²) in [7, 11) is 0. The van der Waals surface area contributed by atoms with E-state index < -0.39 is 0 Å². The lowest BCUT2D eigenvalue weighted by atomic mass is 10.1. The summed E-state index contributed by atoms with van der Waals surface area (Å²) in [6.07, 6.45) is 3.29. The molecule has 2 nitrogen and oxygen atoms in total. The van der Waals surface area contributed by atoms with Gasteiger partial charge in [-0.1, -0.05) is 54.1 Å². The van der Waals surface area contributed by atoms with Gasteiger partial charge < -0.3 is 4.90 Å². The van der Waals surface area contributed by atoms with Crippen LogP contribution in [-0.2, 0) is 11.3 Å². The summed E-state index contributed by atoms with van der Waals surface area (Å²) >= 11 is 5.93. The molecule has 0 aliphatic carbocycles. The summed E-state index contributed by atoms with van der Waals surface area (Å²) in [5.41, 5.74) is 2.50. The molecule has 130 valence electrons. The molecule has 4 heteroatoms. The first-order chi connectivity index (χ1) is 12.6. The highest BCUT2D eigenvalue weighted by Gasteiger charge is 2.14. The van der Waals surface area contributed by atoms with E-state index in [-0.39, 0.29) is 11.7 Å². The minimum atomic E-state index is -0.340. The van der Waals surface area contributed by atoms with Crippen molar-refractivity contribution in [2.75, 3.05) is 4.90 Å².